The highest BCUT2D eigenvalue weighted by atomic mass is 19.1. The Morgan fingerprint density at radius 2 is 2.11 bits per heavy atom. The molecule has 0 bridgehead atoms. The molecule has 0 unspecified atom stereocenters. The van der Waals surface area contributed by atoms with Gasteiger partial charge in [-0.3, -0.25) is 9.59 Å². The van der Waals surface area contributed by atoms with E-state index in [0.717, 1.165) is 12.1 Å². The number of nitrogens with one attached hydrogen (secondary N) is 2. The van der Waals surface area contributed by atoms with Crippen LogP contribution in [0.2, 0.25) is 0 Å². The van der Waals surface area contributed by atoms with Crippen molar-refractivity contribution >= 4 is 11.6 Å². The van der Waals surface area contributed by atoms with Gasteiger partial charge in [0.2, 0.25) is 0 Å². The monoisotopic (exact) mass is 248 g/mol. The van der Waals surface area contributed by atoms with Gasteiger partial charge in [0.15, 0.2) is 11.6 Å². The van der Waals surface area contributed by atoms with Crippen LogP contribution in [-0.2, 0) is 0 Å². The molecule has 3 N–H and O–H groups in total. The number of rotatable bonds is 2. The van der Waals surface area contributed by atoms with E-state index in [1.54, 1.807) is 0 Å². The molecule has 0 saturated heterocycles. The molecule has 1 aromatic heterocycles. The fraction of sp³-hybridized carbons (Fsp3) is 0. The zero-order chi connectivity index (χ0) is 13.1. The summed E-state index contributed by atoms with van der Waals surface area (Å²) in [4.78, 5) is 25.4. The number of hydrogen-bond donors (Lipinski definition) is 3. The van der Waals surface area contributed by atoms with Crippen LogP contribution >= 0.6 is 0 Å². The van der Waals surface area contributed by atoms with Crippen LogP contribution < -0.4 is 10.9 Å². The van der Waals surface area contributed by atoms with Gasteiger partial charge in [-0.25, -0.2) is 4.39 Å². The smallest absolute Gasteiger partial charge is 0.261 e. The summed E-state index contributed by atoms with van der Waals surface area (Å²) in [5.74, 6) is -2.01. The molecule has 0 fully saturated rings. The third kappa shape index (κ3) is 2.37. The fourth-order valence-corrected chi connectivity index (χ4v) is 1.38. The number of aromatic nitrogens is 1. The first-order valence-electron chi connectivity index (χ1n) is 5.05. The maximum Gasteiger partial charge on any atom is 0.261 e. The Hall–Kier alpha value is -2.63. The van der Waals surface area contributed by atoms with Gasteiger partial charge in [-0.1, -0.05) is 0 Å². The molecule has 0 aliphatic heterocycles. The van der Waals surface area contributed by atoms with Crippen molar-refractivity contribution in [1.82, 2.24) is 4.98 Å². The van der Waals surface area contributed by atoms with Crippen LogP contribution in [0.15, 0.2) is 41.3 Å². The molecule has 0 radical (unpaired) electrons. The Morgan fingerprint density at radius 1 is 1.33 bits per heavy atom. The second kappa shape index (κ2) is 4.70. The van der Waals surface area contributed by atoms with E-state index in [1.807, 2.05) is 0 Å². The Bertz CT molecular complexity index is 652. The van der Waals surface area contributed by atoms with Crippen LogP contribution in [0, 0.1) is 5.82 Å². The largest absolute Gasteiger partial charge is 0.505 e. The van der Waals surface area contributed by atoms with E-state index in [1.165, 1.54) is 24.4 Å². The molecule has 0 saturated carbocycles. The van der Waals surface area contributed by atoms with E-state index in [0.29, 0.717) is 0 Å². The summed E-state index contributed by atoms with van der Waals surface area (Å²) in [5, 5.41) is 11.4. The maximum atomic E-state index is 13.0. The fourth-order valence-electron chi connectivity index (χ4n) is 1.38. The van der Waals surface area contributed by atoms with Gasteiger partial charge < -0.3 is 15.4 Å². The zero-order valence-electron chi connectivity index (χ0n) is 9.11. The van der Waals surface area contributed by atoms with Gasteiger partial charge in [0, 0.05) is 18.0 Å². The van der Waals surface area contributed by atoms with E-state index in [-0.39, 0.29) is 11.3 Å². The average Bonchev–Trinajstić information content (AvgIpc) is 2.34. The summed E-state index contributed by atoms with van der Waals surface area (Å²) in [7, 11) is 0. The number of aromatic hydroxyl groups is 1. The number of benzene rings is 1. The van der Waals surface area contributed by atoms with E-state index in [2.05, 4.69) is 10.3 Å². The lowest BCUT2D eigenvalue weighted by molar-refractivity contribution is 0.102. The normalized spacial score (nSPS) is 10.1. The standard InChI is InChI=1S/C12H9FN2O3/c13-9-6-7(3-4-10(9)16)15-12(18)8-2-1-5-14-11(8)17/h1-6,16H,(H,14,17)(H,15,18). The lowest BCUT2D eigenvalue weighted by atomic mass is 10.2. The summed E-state index contributed by atoms with van der Waals surface area (Å²) in [5.41, 5.74) is -0.459. The Labute approximate surface area is 101 Å². The molecule has 0 atom stereocenters. The average molecular weight is 248 g/mol. The second-order valence-electron chi connectivity index (χ2n) is 3.53. The molecule has 0 aliphatic carbocycles. The lowest BCUT2D eigenvalue weighted by Crippen LogP contribution is -2.22. The number of halogens is 1. The molecule has 6 heteroatoms. The van der Waals surface area contributed by atoms with Crippen molar-refractivity contribution in [3.8, 4) is 5.75 Å². The molecular formula is C12H9FN2O3. The van der Waals surface area contributed by atoms with Gasteiger partial charge in [-0.05, 0) is 24.3 Å². The second-order valence-corrected chi connectivity index (χ2v) is 3.53. The minimum Gasteiger partial charge on any atom is -0.505 e. The highest BCUT2D eigenvalue weighted by Gasteiger charge is 2.10. The van der Waals surface area contributed by atoms with Gasteiger partial charge in [0.1, 0.15) is 5.56 Å². The van der Waals surface area contributed by atoms with Gasteiger partial charge in [-0.15, -0.1) is 0 Å². The van der Waals surface area contributed by atoms with E-state index < -0.39 is 23.0 Å². The van der Waals surface area contributed by atoms with Crippen LogP contribution in [-0.4, -0.2) is 16.0 Å². The number of aromatic amines is 1. The number of amides is 1. The number of carbonyl (C=O) groups is 1. The lowest BCUT2D eigenvalue weighted by Gasteiger charge is -2.05. The molecule has 2 rings (SSSR count). The Kier molecular flexibility index (Phi) is 3.09. The predicted octanol–water partition coefficient (Wildman–Crippen LogP) is 1.47. The van der Waals surface area contributed by atoms with Gasteiger partial charge in [0.25, 0.3) is 11.5 Å². The molecular weight excluding hydrogens is 239 g/mol. The summed E-state index contributed by atoms with van der Waals surface area (Å²) < 4.78 is 13.0. The molecule has 0 spiro atoms. The van der Waals surface area contributed by atoms with Crippen molar-refractivity contribution in [2.45, 2.75) is 0 Å². The number of H-pyrrole nitrogens is 1. The van der Waals surface area contributed by atoms with Crippen molar-refractivity contribution in [2.24, 2.45) is 0 Å². The topological polar surface area (TPSA) is 82.2 Å². The Balaban J connectivity index is 2.24. The quantitative estimate of drug-likeness (QED) is 0.704. The molecule has 1 aromatic carbocycles. The molecule has 5 nitrogen and oxygen atoms in total. The number of hydrogen-bond acceptors (Lipinski definition) is 3. The van der Waals surface area contributed by atoms with Crippen LogP contribution in [0.1, 0.15) is 10.4 Å². The van der Waals surface area contributed by atoms with Crippen molar-refractivity contribution in [1.29, 1.82) is 0 Å². The molecule has 18 heavy (non-hydrogen) atoms. The van der Waals surface area contributed by atoms with Crippen molar-refractivity contribution in [3.05, 3.63) is 58.3 Å². The minimum atomic E-state index is -0.852. The van der Waals surface area contributed by atoms with Crippen molar-refractivity contribution in [2.75, 3.05) is 5.32 Å². The Morgan fingerprint density at radius 3 is 2.78 bits per heavy atom. The van der Waals surface area contributed by atoms with Crippen LogP contribution in [0.25, 0.3) is 0 Å². The van der Waals surface area contributed by atoms with Crippen molar-refractivity contribution in [3.63, 3.8) is 0 Å². The van der Waals surface area contributed by atoms with Crippen molar-refractivity contribution < 1.29 is 14.3 Å². The summed E-state index contributed by atoms with van der Waals surface area (Å²) in [6.45, 7) is 0. The van der Waals surface area contributed by atoms with Gasteiger partial charge in [-0.2, -0.15) is 0 Å². The van der Waals surface area contributed by atoms with Crippen LogP contribution in [0.4, 0.5) is 10.1 Å². The first kappa shape index (κ1) is 11.8. The molecule has 1 heterocycles. The molecule has 0 aliphatic rings. The number of pyridine rings is 1. The third-order valence-corrected chi connectivity index (χ3v) is 2.27. The number of phenols is 1. The summed E-state index contributed by atoms with van der Waals surface area (Å²) in [6, 6.07) is 6.26. The molecule has 92 valence electrons. The highest BCUT2D eigenvalue weighted by Crippen LogP contribution is 2.19. The van der Waals surface area contributed by atoms with E-state index >= 15 is 0 Å². The SMILES string of the molecule is O=C(Nc1ccc(O)c(F)c1)c1ccc[nH]c1=O. The zero-order valence-corrected chi connectivity index (χ0v) is 9.11. The van der Waals surface area contributed by atoms with E-state index in [4.69, 9.17) is 5.11 Å². The number of carbonyl (C=O) groups excluding carboxylic acids is 1. The maximum absolute atomic E-state index is 13.0. The van der Waals surface area contributed by atoms with Crippen LogP contribution in [0.3, 0.4) is 0 Å². The highest BCUT2D eigenvalue weighted by molar-refractivity contribution is 6.03. The number of phenolic OH excluding ortho intramolecular Hbond substituents is 1. The van der Waals surface area contributed by atoms with Crippen LogP contribution in [0.5, 0.6) is 5.75 Å². The number of anilines is 1. The molecule has 1 amide bonds. The summed E-state index contributed by atoms with van der Waals surface area (Å²) >= 11 is 0. The van der Waals surface area contributed by atoms with Gasteiger partial charge >= 0.3 is 0 Å². The minimum absolute atomic E-state index is 0.0778. The van der Waals surface area contributed by atoms with Gasteiger partial charge in [0.05, 0.1) is 0 Å². The first-order chi connectivity index (χ1) is 8.58. The summed E-state index contributed by atoms with van der Waals surface area (Å²) in [6.07, 6.45) is 1.40. The first-order valence-corrected chi connectivity index (χ1v) is 5.05. The van der Waals surface area contributed by atoms with E-state index in [9.17, 15) is 14.0 Å². The predicted molar refractivity (Wildman–Crippen MR) is 63.1 cm³/mol. The molecule has 2 aromatic rings. The third-order valence-electron chi connectivity index (χ3n) is 2.27.